The van der Waals surface area contributed by atoms with Crippen molar-refractivity contribution in [1.29, 1.82) is 0 Å². The molecule has 0 radical (unpaired) electrons. The number of carbonyl (C=O) groups is 1. The van der Waals surface area contributed by atoms with Crippen LogP contribution in [0.25, 0.3) is 0 Å². The maximum atomic E-state index is 11.4. The Bertz CT molecular complexity index is 250. The Hall–Kier alpha value is -1.15. The summed E-state index contributed by atoms with van der Waals surface area (Å²) in [5.41, 5.74) is -0.906. The van der Waals surface area contributed by atoms with E-state index in [1.165, 1.54) is 6.08 Å². The number of hydrogen-bond acceptors (Lipinski definition) is 4. The fourth-order valence-corrected chi connectivity index (χ4v) is 1.75. The second kappa shape index (κ2) is 3.71. The summed E-state index contributed by atoms with van der Waals surface area (Å²) < 4.78 is 4.84. The summed E-state index contributed by atoms with van der Waals surface area (Å²) in [6.45, 7) is 4.07. The molecule has 72 valence electrons. The maximum absolute atomic E-state index is 11.4. The monoisotopic (exact) mass is 183 g/mol. The van der Waals surface area contributed by atoms with Gasteiger partial charge in [-0.2, -0.15) is 4.99 Å². The normalized spacial score (nSPS) is 31.4. The first-order chi connectivity index (χ1) is 6.14. The van der Waals surface area contributed by atoms with Gasteiger partial charge in [-0.1, -0.05) is 6.92 Å². The predicted octanol–water partition coefficient (Wildman–Crippen LogP) is 1.05. The molecular weight excluding hydrogens is 170 g/mol. The van der Waals surface area contributed by atoms with Gasteiger partial charge in [0, 0.05) is 0 Å². The van der Waals surface area contributed by atoms with Crippen LogP contribution in [0.3, 0.4) is 0 Å². The lowest BCUT2D eigenvalue weighted by Gasteiger charge is -2.39. The van der Waals surface area contributed by atoms with Crippen LogP contribution in [0.15, 0.2) is 4.99 Å². The highest BCUT2D eigenvalue weighted by Crippen LogP contribution is 2.41. The first-order valence-electron chi connectivity index (χ1n) is 4.41. The molecule has 4 heteroatoms. The molecular formula is C9H13NO3. The van der Waals surface area contributed by atoms with Gasteiger partial charge < -0.3 is 4.74 Å². The van der Waals surface area contributed by atoms with Gasteiger partial charge in [-0.15, -0.1) is 0 Å². The zero-order valence-electron chi connectivity index (χ0n) is 7.87. The van der Waals surface area contributed by atoms with Gasteiger partial charge in [0.2, 0.25) is 6.08 Å². The van der Waals surface area contributed by atoms with Crippen LogP contribution in [0.4, 0.5) is 0 Å². The second-order valence-corrected chi connectivity index (χ2v) is 3.47. The van der Waals surface area contributed by atoms with Crippen molar-refractivity contribution in [1.82, 2.24) is 0 Å². The average Bonchev–Trinajstić information content (AvgIpc) is 2.02. The number of isocyanates is 1. The first kappa shape index (κ1) is 9.93. The smallest absolute Gasteiger partial charge is 0.334 e. The van der Waals surface area contributed by atoms with Crippen LogP contribution in [0.5, 0.6) is 0 Å². The largest absolute Gasteiger partial charge is 0.464 e. The lowest BCUT2D eigenvalue weighted by Crippen LogP contribution is -2.49. The fourth-order valence-electron chi connectivity index (χ4n) is 1.75. The van der Waals surface area contributed by atoms with E-state index in [1.54, 1.807) is 6.92 Å². The summed E-state index contributed by atoms with van der Waals surface area (Å²) in [4.78, 5) is 25.1. The van der Waals surface area contributed by atoms with Gasteiger partial charge in [-0.25, -0.2) is 9.59 Å². The lowest BCUT2D eigenvalue weighted by molar-refractivity contribution is -0.154. The zero-order chi connectivity index (χ0) is 9.90. The van der Waals surface area contributed by atoms with E-state index in [1.807, 2.05) is 6.92 Å². The Morgan fingerprint density at radius 3 is 2.69 bits per heavy atom. The van der Waals surface area contributed by atoms with E-state index in [0.29, 0.717) is 25.4 Å². The number of rotatable bonds is 3. The van der Waals surface area contributed by atoms with Crippen LogP contribution in [0, 0.1) is 5.92 Å². The van der Waals surface area contributed by atoms with E-state index in [2.05, 4.69) is 4.99 Å². The summed E-state index contributed by atoms with van der Waals surface area (Å²) >= 11 is 0. The molecule has 0 unspecified atom stereocenters. The first-order valence-corrected chi connectivity index (χ1v) is 4.41. The van der Waals surface area contributed by atoms with Gasteiger partial charge in [-0.3, -0.25) is 0 Å². The number of hydrogen-bond donors (Lipinski definition) is 0. The maximum Gasteiger partial charge on any atom is 0.334 e. The predicted molar refractivity (Wildman–Crippen MR) is 45.9 cm³/mol. The highest BCUT2D eigenvalue weighted by atomic mass is 16.5. The number of ether oxygens (including phenoxy) is 1. The third-order valence-electron chi connectivity index (χ3n) is 2.29. The van der Waals surface area contributed by atoms with E-state index >= 15 is 0 Å². The summed E-state index contributed by atoms with van der Waals surface area (Å²) in [5.74, 6) is 0.0398. The molecule has 1 aliphatic carbocycles. The van der Waals surface area contributed by atoms with Gasteiger partial charge >= 0.3 is 5.97 Å². The molecule has 1 aliphatic rings. The summed E-state index contributed by atoms with van der Waals surface area (Å²) in [7, 11) is 0. The Balaban J connectivity index is 2.69. The Kier molecular flexibility index (Phi) is 2.83. The van der Waals surface area contributed by atoms with Crippen molar-refractivity contribution in [2.24, 2.45) is 10.9 Å². The standard InChI is InChI=1S/C9H13NO3/c1-3-13-8(12)9(10-6-11)4-7(2)5-9/h7H,3-5H2,1-2H3. The third kappa shape index (κ3) is 1.78. The third-order valence-corrected chi connectivity index (χ3v) is 2.29. The van der Waals surface area contributed by atoms with E-state index in [-0.39, 0.29) is 0 Å². The minimum atomic E-state index is -0.906. The number of aliphatic imine (C=N–C) groups is 1. The van der Waals surface area contributed by atoms with Crippen LogP contribution in [-0.4, -0.2) is 24.2 Å². The molecule has 0 amide bonds. The molecule has 0 saturated heterocycles. The molecule has 1 rings (SSSR count). The van der Waals surface area contributed by atoms with Gasteiger partial charge in [0.25, 0.3) is 0 Å². The Morgan fingerprint density at radius 2 is 2.31 bits per heavy atom. The Morgan fingerprint density at radius 1 is 1.69 bits per heavy atom. The van der Waals surface area contributed by atoms with Gasteiger partial charge in [0.15, 0.2) is 5.54 Å². The highest BCUT2D eigenvalue weighted by molar-refractivity contribution is 5.83. The van der Waals surface area contributed by atoms with Crippen molar-refractivity contribution in [2.75, 3.05) is 6.61 Å². The second-order valence-electron chi connectivity index (χ2n) is 3.47. The molecule has 0 aromatic rings. The summed E-state index contributed by atoms with van der Waals surface area (Å²) in [6, 6.07) is 0. The number of esters is 1. The van der Waals surface area contributed by atoms with Crippen LogP contribution < -0.4 is 0 Å². The molecule has 1 fully saturated rings. The molecule has 0 N–H and O–H groups in total. The molecule has 1 saturated carbocycles. The van der Waals surface area contributed by atoms with E-state index in [0.717, 1.165) is 0 Å². The van der Waals surface area contributed by atoms with Crippen molar-refractivity contribution >= 4 is 12.0 Å². The molecule has 0 spiro atoms. The number of carbonyl (C=O) groups excluding carboxylic acids is 2. The zero-order valence-corrected chi connectivity index (χ0v) is 7.87. The molecule has 0 aromatic heterocycles. The van der Waals surface area contributed by atoms with Crippen LogP contribution >= 0.6 is 0 Å². The average molecular weight is 183 g/mol. The van der Waals surface area contributed by atoms with Gasteiger partial charge in [-0.05, 0) is 25.7 Å². The van der Waals surface area contributed by atoms with Crippen molar-refractivity contribution < 1.29 is 14.3 Å². The molecule has 0 aliphatic heterocycles. The molecule has 13 heavy (non-hydrogen) atoms. The van der Waals surface area contributed by atoms with E-state index < -0.39 is 11.5 Å². The fraction of sp³-hybridized carbons (Fsp3) is 0.778. The van der Waals surface area contributed by atoms with Crippen molar-refractivity contribution in [3.63, 3.8) is 0 Å². The molecule has 0 bridgehead atoms. The summed E-state index contributed by atoms with van der Waals surface area (Å²) in [5, 5.41) is 0. The van der Waals surface area contributed by atoms with Gasteiger partial charge in [0.05, 0.1) is 6.61 Å². The van der Waals surface area contributed by atoms with Gasteiger partial charge in [0.1, 0.15) is 0 Å². The van der Waals surface area contributed by atoms with E-state index in [4.69, 9.17) is 4.74 Å². The molecule has 0 heterocycles. The quantitative estimate of drug-likeness (QED) is 0.373. The van der Waals surface area contributed by atoms with Crippen LogP contribution in [0.2, 0.25) is 0 Å². The molecule has 4 nitrogen and oxygen atoms in total. The minimum Gasteiger partial charge on any atom is -0.464 e. The van der Waals surface area contributed by atoms with Crippen molar-refractivity contribution in [2.45, 2.75) is 32.2 Å². The summed E-state index contributed by atoms with van der Waals surface area (Å²) in [6.07, 6.45) is 2.64. The molecule has 0 atom stereocenters. The molecule has 0 aromatic carbocycles. The lowest BCUT2D eigenvalue weighted by atomic mass is 9.69. The van der Waals surface area contributed by atoms with E-state index in [9.17, 15) is 9.59 Å². The Labute approximate surface area is 77.0 Å². The topological polar surface area (TPSA) is 55.7 Å². The number of nitrogens with zero attached hydrogens (tertiary/aromatic N) is 1. The van der Waals surface area contributed by atoms with Crippen molar-refractivity contribution in [3.05, 3.63) is 0 Å². The van der Waals surface area contributed by atoms with Crippen LogP contribution in [-0.2, 0) is 14.3 Å². The minimum absolute atomic E-state index is 0.323. The highest BCUT2D eigenvalue weighted by Gasteiger charge is 2.50. The SMILES string of the molecule is CCOC(=O)C1(N=C=O)CC(C)C1. The van der Waals surface area contributed by atoms with Crippen molar-refractivity contribution in [3.8, 4) is 0 Å². The van der Waals surface area contributed by atoms with Crippen LogP contribution in [0.1, 0.15) is 26.7 Å².